The number of nitrogens with zero attached hydrogens (tertiary/aromatic N) is 3. The molecule has 2 N–H and O–H groups in total. The van der Waals surface area contributed by atoms with Gasteiger partial charge in [0.05, 0.1) is 18.8 Å². The van der Waals surface area contributed by atoms with Crippen LogP contribution in [0.25, 0.3) is 32.9 Å². The minimum absolute atomic E-state index is 0.00819. The van der Waals surface area contributed by atoms with Crippen molar-refractivity contribution in [1.82, 2.24) is 20.3 Å². The molecule has 7 nitrogen and oxygen atoms in total. The number of nitrogens with one attached hydrogen (secondary N) is 2. The highest BCUT2D eigenvalue weighted by Crippen LogP contribution is 2.40. The maximum absolute atomic E-state index is 16.2. The van der Waals surface area contributed by atoms with Crippen molar-refractivity contribution in [3.8, 4) is 35.5 Å². The van der Waals surface area contributed by atoms with E-state index in [-0.39, 0.29) is 34.8 Å². The Bertz CT molecular complexity index is 1490. The molecule has 2 aromatic heterocycles. The van der Waals surface area contributed by atoms with Gasteiger partial charge in [0, 0.05) is 24.0 Å². The zero-order chi connectivity index (χ0) is 24.5. The minimum Gasteiger partial charge on any atom is -0.474 e. The molecular formula is C26H23F2N5O2. The highest BCUT2D eigenvalue weighted by Gasteiger charge is 2.25. The molecule has 0 radical (unpaired) electrons. The number of hydrogen-bond donors (Lipinski definition) is 2. The highest BCUT2D eigenvalue weighted by molar-refractivity contribution is 6.03. The van der Waals surface area contributed by atoms with Crippen molar-refractivity contribution in [2.24, 2.45) is 0 Å². The number of hydrogen-bond acceptors (Lipinski definition) is 7. The zero-order valence-electron chi connectivity index (χ0n) is 19.3. The number of aromatic nitrogens is 3. The second-order valence-corrected chi connectivity index (χ2v) is 8.23. The Kier molecular flexibility index (Phi) is 6.05. The lowest BCUT2D eigenvalue weighted by Crippen LogP contribution is -2.26. The SMILES string of the molecule is C#Cc1c(F)ccc2cccc(-c3nc4c5c(nc(OC)nc5c3F)NCCNCC[C@H](C)O4)c12. The number of rotatable bonds is 2. The summed E-state index contributed by atoms with van der Waals surface area (Å²) in [5.74, 6) is 1.64. The summed E-state index contributed by atoms with van der Waals surface area (Å²) < 4.78 is 42.2. The number of halogens is 2. The Hall–Kier alpha value is -4.03. The van der Waals surface area contributed by atoms with E-state index in [1.54, 1.807) is 24.3 Å². The van der Waals surface area contributed by atoms with Crippen molar-refractivity contribution in [2.75, 3.05) is 32.1 Å². The van der Waals surface area contributed by atoms with Crippen LogP contribution in [0.15, 0.2) is 30.3 Å². The third-order valence-electron chi connectivity index (χ3n) is 5.94. The molecule has 0 saturated carbocycles. The number of methoxy groups -OCH3 is 1. The molecule has 0 bridgehead atoms. The highest BCUT2D eigenvalue weighted by atomic mass is 19.1. The second-order valence-electron chi connectivity index (χ2n) is 8.23. The molecule has 5 rings (SSSR count). The molecular weight excluding hydrogens is 452 g/mol. The van der Waals surface area contributed by atoms with Gasteiger partial charge < -0.3 is 20.1 Å². The number of anilines is 1. The Morgan fingerprint density at radius 2 is 1.94 bits per heavy atom. The predicted octanol–water partition coefficient (Wildman–Crippen LogP) is 4.29. The molecule has 0 aliphatic carbocycles. The van der Waals surface area contributed by atoms with E-state index in [2.05, 4.69) is 31.5 Å². The molecule has 0 fully saturated rings. The van der Waals surface area contributed by atoms with Crippen LogP contribution < -0.4 is 20.1 Å². The molecule has 0 saturated heterocycles. The van der Waals surface area contributed by atoms with Gasteiger partial charge in [0.1, 0.15) is 28.2 Å². The van der Waals surface area contributed by atoms with Gasteiger partial charge in [-0.3, -0.25) is 0 Å². The van der Waals surface area contributed by atoms with E-state index < -0.39 is 11.6 Å². The van der Waals surface area contributed by atoms with E-state index >= 15 is 4.39 Å². The topological polar surface area (TPSA) is 81.2 Å². The van der Waals surface area contributed by atoms with Crippen molar-refractivity contribution in [3.05, 3.63) is 47.5 Å². The third kappa shape index (κ3) is 4.06. The Morgan fingerprint density at radius 3 is 2.74 bits per heavy atom. The van der Waals surface area contributed by atoms with E-state index in [0.29, 0.717) is 47.1 Å². The summed E-state index contributed by atoms with van der Waals surface area (Å²) in [6.07, 6.45) is 6.12. The molecule has 1 aliphatic heterocycles. The van der Waals surface area contributed by atoms with Gasteiger partial charge in [-0.2, -0.15) is 9.97 Å². The summed E-state index contributed by atoms with van der Waals surface area (Å²) in [5, 5.41) is 7.88. The quantitative estimate of drug-likeness (QED) is 0.419. The Balaban J connectivity index is 1.86. The van der Waals surface area contributed by atoms with Crippen LogP contribution in [0.5, 0.6) is 11.9 Å². The first kappa shape index (κ1) is 22.7. The van der Waals surface area contributed by atoms with Crippen molar-refractivity contribution in [1.29, 1.82) is 0 Å². The van der Waals surface area contributed by atoms with E-state index in [9.17, 15) is 4.39 Å². The van der Waals surface area contributed by atoms with Gasteiger partial charge in [0.2, 0.25) is 5.88 Å². The third-order valence-corrected chi connectivity index (χ3v) is 5.94. The van der Waals surface area contributed by atoms with Gasteiger partial charge in [0.25, 0.3) is 0 Å². The van der Waals surface area contributed by atoms with Crippen LogP contribution in [0, 0.1) is 24.0 Å². The number of benzene rings is 2. The Labute approximate surface area is 200 Å². The molecule has 0 spiro atoms. The van der Waals surface area contributed by atoms with Crippen LogP contribution in [-0.2, 0) is 0 Å². The number of fused-ring (bicyclic) bond motifs is 1. The fraction of sp³-hybridized carbons (Fsp3) is 0.269. The standard InChI is InChI=1S/C26H23F2N5O2/c1-4-16-18(27)9-8-15-6-5-7-17(19(15)16)22-21(28)23-20-24(33-26(32-23)34-3)30-13-12-29-11-10-14(2)35-25(20)31-22/h1,5-9,14,29H,10-13H2,2-3H3,(H,30,32,33)/t14-/m0/s1. The van der Waals surface area contributed by atoms with Crippen LogP contribution >= 0.6 is 0 Å². The lowest BCUT2D eigenvalue weighted by molar-refractivity contribution is 0.205. The summed E-state index contributed by atoms with van der Waals surface area (Å²) >= 11 is 0. The first-order chi connectivity index (χ1) is 17.0. The second kappa shape index (κ2) is 9.31. The smallest absolute Gasteiger partial charge is 0.318 e. The van der Waals surface area contributed by atoms with Crippen LogP contribution in [-0.4, -0.2) is 47.8 Å². The molecule has 3 heterocycles. The van der Waals surface area contributed by atoms with Crippen LogP contribution in [0.1, 0.15) is 18.9 Å². The molecule has 0 amide bonds. The molecule has 1 atom stereocenters. The van der Waals surface area contributed by atoms with E-state index in [1.807, 2.05) is 6.92 Å². The summed E-state index contributed by atoms with van der Waals surface area (Å²) in [6.45, 7) is 3.87. The van der Waals surface area contributed by atoms with Gasteiger partial charge in [0.15, 0.2) is 5.82 Å². The van der Waals surface area contributed by atoms with Crippen molar-refractivity contribution in [2.45, 2.75) is 19.4 Å². The van der Waals surface area contributed by atoms with Gasteiger partial charge in [-0.1, -0.05) is 30.2 Å². The fourth-order valence-corrected chi connectivity index (χ4v) is 4.24. The zero-order valence-corrected chi connectivity index (χ0v) is 19.3. The summed E-state index contributed by atoms with van der Waals surface area (Å²) in [7, 11) is 1.41. The Morgan fingerprint density at radius 1 is 1.09 bits per heavy atom. The first-order valence-electron chi connectivity index (χ1n) is 11.3. The van der Waals surface area contributed by atoms with Crippen LogP contribution in [0.4, 0.5) is 14.6 Å². The van der Waals surface area contributed by atoms with Gasteiger partial charge in [-0.15, -0.1) is 6.42 Å². The van der Waals surface area contributed by atoms with Crippen LogP contribution in [0.2, 0.25) is 0 Å². The molecule has 178 valence electrons. The van der Waals surface area contributed by atoms with Gasteiger partial charge >= 0.3 is 6.01 Å². The number of terminal acetylenes is 1. The van der Waals surface area contributed by atoms with Crippen LogP contribution in [0.3, 0.4) is 0 Å². The summed E-state index contributed by atoms with van der Waals surface area (Å²) in [6, 6.07) is 8.07. The number of ether oxygens (including phenoxy) is 2. The van der Waals surface area contributed by atoms with Gasteiger partial charge in [-0.25, -0.2) is 13.8 Å². The van der Waals surface area contributed by atoms with Crippen molar-refractivity contribution in [3.63, 3.8) is 0 Å². The first-order valence-corrected chi connectivity index (χ1v) is 11.3. The summed E-state index contributed by atoms with van der Waals surface area (Å²) in [4.78, 5) is 13.3. The fourth-order valence-electron chi connectivity index (χ4n) is 4.24. The molecule has 2 aromatic carbocycles. The minimum atomic E-state index is -0.712. The maximum Gasteiger partial charge on any atom is 0.318 e. The molecule has 1 aliphatic rings. The molecule has 9 heteroatoms. The van der Waals surface area contributed by atoms with Crippen molar-refractivity contribution >= 4 is 27.5 Å². The van der Waals surface area contributed by atoms with Gasteiger partial charge in [-0.05, 0) is 31.3 Å². The number of pyridine rings is 1. The normalized spacial score (nSPS) is 16.1. The van der Waals surface area contributed by atoms with E-state index in [0.717, 1.165) is 6.54 Å². The largest absolute Gasteiger partial charge is 0.474 e. The average molecular weight is 475 g/mol. The lowest BCUT2D eigenvalue weighted by atomic mass is 9.96. The average Bonchev–Trinajstić information content (AvgIpc) is 2.90. The molecule has 0 unspecified atom stereocenters. The maximum atomic E-state index is 16.2. The van der Waals surface area contributed by atoms with Crippen molar-refractivity contribution < 1.29 is 18.3 Å². The van der Waals surface area contributed by atoms with E-state index in [4.69, 9.17) is 15.9 Å². The predicted molar refractivity (Wildman–Crippen MR) is 131 cm³/mol. The monoisotopic (exact) mass is 475 g/mol. The summed E-state index contributed by atoms with van der Waals surface area (Å²) in [5.41, 5.74) is 0.307. The van der Waals surface area contributed by atoms with E-state index in [1.165, 1.54) is 13.2 Å². The molecule has 4 aromatic rings. The molecule has 35 heavy (non-hydrogen) atoms. The lowest BCUT2D eigenvalue weighted by Gasteiger charge is -2.18.